The van der Waals surface area contributed by atoms with Gasteiger partial charge in [0.1, 0.15) is 0 Å². The highest BCUT2D eigenvalue weighted by molar-refractivity contribution is 5.99. The topological polar surface area (TPSA) is 114 Å². The van der Waals surface area contributed by atoms with Crippen LogP contribution in [0.4, 0.5) is 5.69 Å². The minimum atomic E-state index is -0.878. The summed E-state index contributed by atoms with van der Waals surface area (Å²) in [5.74, 6) is -2.08. The number of nitro benzene ring substituents is 1. The number of hydrogen-bond donors (Lipinski definition) is 1. The molecule has 2 heterocycles. The Bertz CT molecular complexity index is 1150. The lowest BCUT2D eigenvalue weighted by atomic mass is 9.80. The predicted molar refractivity (Wildman–Crippen MR) is 144 cm³/mol. The van der Waals surface area contributed by atoms with Gasteiger partial charge in [0.25, 0.3) is 5.69 Å². The highest BCUT2D eigenvalue weighted by Crippen LogP contribution is 2.40. The van der Waals surface area contributed by atoms with Gasteiger partial charge in [-0.3, -0.25) is 15.0 Å². The van der Waals surface area contributed by atoms with E-state index >= 15 is 0 Å². The van der Waals surface area contributed by atoms with E-state index in [0.717, 1.165) is 39.3 Å². The number of nitro groups is 1. The van der Waals surface area contributed by atoms with Gasteiger partial charge in [0.15, 0.2) is 0 Å². The Kier molecular flexibility index (Phi) is 9.45. The lowest BCUT2D eigenvalue weighted by Gasteiger charge is -2.38. The highest BCUT2D eigenvalue weighted by atomic mass is 16.6. The van der Waals surface area contributed by atoms with Crippen LogP contribution in [0, 0.1) is 15.5 Å². The molecule has 0 aromatic heterocycles. The van der Waals surface area contributed by atoms with Gasteiger partial charge < -0.3 is 19.7 Å². The van der Waals surface area contributed by atoms with Gasteiger partial charge in [-0.25, -0.2) is 9.59 Å². The van der Waals surface area contributed by atoms with E-state index < -0.39 is 22.8 Å². The molecule has 1 aromatic rings. The Balaban J connectivity index is 1.82. The van der Waals surface area contributed by atoms with Gasteiger partial charge in [-0.15, -0.1) is 6.58 Å². The molecule has 0 amide bonds. The average molecular weight is 527 g/mol. The number of rotatable bonds is 10. The first kappa shape index (κ1) is 29.1. The molecule has 206 valence electrons. The minimum Gasteiger partial charge on any atom is -0.466 e. The van der Waals surface area contributed by atoms with Gasteiger partial charge in [-0.2, -0.15) is 0 Å². The Labute approximate surface area is 224 Å². The van der Waals surface area contributed by atoms with Gasteiger partial charge in [-0.05, 0) is 19.4 Å². The number of allylic oxidation sites excluding steroid dienone is 2. The molecule has 2 aliphatic rings. The van der Waals surface area contributed by atoms with Crippen LogP contribution in [0.25, 0.3) is 0 Å². The Morgan fingerprint density at radius 3 is 2.32 bits per heavy atom. The number of carbonyl (C=O) groups excluding carboxylic acids is 2. The first-order chi connectivity index (χ1) is 18.0. The number of non-ortho nitro benzene ring substituents is 1. The smallest absolute Gasteiger partial charge is 0.336 e. The number of dihydropyridines is 1. The molecule has 2 aliphatic heterocycles. The van der Waals surface area contributed by atoms with Gasteiger partial charge >= 0.3 is 11.9 Å². The third-order valence-electron chi connectivity index (χ3n) is 6.90. The van der Waals surface area contributed by atoms with Crippen molar-refractivity contribution < 1.29 is 24.0 Å². The molecule has 10 nitrogen and oxygen atoms in total. The zero-order valence-electron chi connectivity index (χ0n) is 22.9. The van der Waals surface area contributed by atoms with Crippen molar-refractivity contribution in [2.24, 2.45) is 5.41 Å². The maximum Gasteiger partial charge on any atom is 0.336 e. The number of methoxy groups -OCH3 is 1. The summed E-state index contributed by atoms with van der Waals surface area (Å²) < 4.78 is 10.9. The number of benzene rings is 1. The number of piperazine rings is 1. The summed E-state index contributed by atoms with van der Waals surface area (Å²) in [6.07, 6.45) is 1.92. The molecule has 0 saturated carbocycles. The molecular formula is C28H38N4O6. The second-order valence-corrected chi connectivity index (χ2v) is 10.6. The molecule has 1 unspecified atom stereocenters. The van der Waals surface area contributed by atoms with E-state index in [1.165, 1.54) is 25.3 Å². The summed E-state index contributed by atoms with van der Waals surface area (Å²) in [7, 11) is 1.26. The molecule has 1 fully saturated rings. The van der Waals surface area contributed by atoms with Crippen LogP contribution in [0.1, 0.15) is 39.2 Å². The van der Waals surface area contributed by atoms with Crippen molar-refractivity contribution in [2.75, 3.05) is 53.0 Å². The number of carbonyl (C=O) groups is 2. The fourth-order valence-electron chi connectivity index (χ4n) is 5.10. The largest absolute Gasteiger partial charge is 0.466 e. The van der Waals surface area contributed by atoms with Crippen LogP contribution in [0.2, 0.25) is 0 Å². The molecule has 1 aromatic carbocycles. The van der Waals surface area contributed by atoms with Crippen molar-refractivity contribution in [2.45, 2.75) is 33.6 Å². The molecular weight excluding hydrogens is 488 g/mol. The molecule has 0 radical (unpaired) electrons. The Hall–Kier alpha value is -3.50. The maximum atomic E-state index is 13.6. The average Bonchev–Trinajstić information content (AvgIpc) is 2.87. The first-order valence-corrected chi connectivity index (χ1v) is 12.7. The fourth-order valence-corrected chi connectivity index (χ4v) is 5.10. The van der Waals surface area contributed by atoms with E-state index in [-0.39, 0.29) is 28.9 Å². The summed E-state index contributed by atoms with van der Waals surface area (Å²) in [6, 6.07) is 5.95. The molecule has 3 rings (SSSR count). The van der Waals surface area contributed by atoms with E-state index in [9.17, 15) is 19.7 Å². The molecule has 38 heavy (non-hydrogen) atoms. The standard InChI is InChI=1S/C28H38N4O6/c1-7-11-30-12-14-31(15-13-30)17-28(4,5)18-38-27(34)24-20(3)29-19(2)23(26(33)37-6)25(24)21-9-8-10-22(16-21)32(35)36/h7-10,16,25,29H,1,11-15,17-18H2,2-6H3. The van der Waals surface area contributed by atoms with Crippen molar-refractivity contribution in [1.82, 2.24) is 15.1 Å². The van der Waals surface area contributed by atoms with Crippen molar-refractivity contribution in [3.8, 4) is 0 Å². The number of ether oxygens (including phenoxy) is 2. The first-order valence-electron chi connectivity index (χ1n) is 12.7. The molecule has 0 spiro atoms. The lowest BCUT2D eigenvalue weighted by Crippen LogP contribution is -2.49. The van der Waals surface area contributed by atoms with E-state index in [1.54, 1.807) is 19.9 Å². The Morgan fingerprint density at radius 2 is 1.74 bits per heavy atom. The third kappa shape index (κ3) is 6.87. The third-order valence-corrected chi connectivity index (χ3v) is 6.90. The van der Waals surface area contributed by atoms with Crippen molar-refractivity contribution in [3.63, 3.8) is 0 Å². The van der Waals surface area contributed by atoms with E-state index in [1.807, 2.05) is 6.08 Å². The second-order valence-electron chi connectivity index (χ2n) is 10.6. The predicted octanol–water partition coefficient (Wildman–Crippen LogP) is 3.38. The summed E-state index contributed by atoms with van der Waals surface area (Å²) >= 11 is 0. The van der Waals surface area contributed by atoms with E-state index in [0.29, 0.717) is 17.0 Å². The van der Waals surface area contributed by atoms with Crippen molar-refractivity contribution in [3.05, 3.63) is 75.1 Å². The van der Waals surface area contributed by atoms with Crippen LogP contribution in [0.3, 0.4) is 0 Å². The maximum absolute atomic E-state index is 13.6. The summed E-state index contributed by atoms with van der Waals surface area (Å²) in [6.45, 7) is 17.0. The van der Waals surface area contributed by atoms with Crippen molar-refractivity contribution in [1.29, 1.82) is 0 Å². The van der Waals surface area contributed by atoms with Gasteiger partial charge in [0, 0.05) is 68.2 Å². The van der Waals surface area contributed by atoms with Crippen LogP contribution in [-0.2, 0) is 19.1 Å². The highest BCUT2D eigenvalue weighted by Gasteiger charge is 2.39. The molecule has 1 N–H and O–H groups in total. The van der Waals surface area contributed by atoms with Crippen LogP contribution in [0.5, 0.6) is 0 Å². The quantitative estimate of drug-likeness (QED) is 0.212. The van der Waals surface area contributed by atoms with Crippen molar-refractivity contribution >= 4 is 17.6 Å². The van der Waals surface area contributed by atoms with Crippen LogP contribution in [0.15, 0.2) is 59.5 Å². The zero-order valence-corrected chi connectivity index (χ0v) is 22.9. The molecule has 0 bridgehead atoms. The number of hydrogen-bond acceptors (Lipinski definition) is 9. The molecule has 1 saturated heterocycles. The molecule has 1 atom stereocenters. The number of nitrogens with zero attached hydrogens (tertiary/aromatic N) is 3. The van der Waals surface area contributed by atoms with Gasteiger partial charge in [0.05, 0.1) is 35.7 Å². The SMILES string of the molecule is C=CCN1CCN(CC(C)(C)COC(=O)C2=C(C)NC(C)=C(C(=O)OC)C2c2cccc([N+](=O)[O-])c2)CC1. The summed E-state index contributed by atoms with van der Waals surface area (Å²) in [5.41, 5.74) is 1.45. The normalized spacial score (nSPS) is 19.1. The lowest BCUT2D eigenvalue weighted by molar-refractivity contribution is -0.384. The number of nitrogens with one attached hydrogen (secondary N) is 1. The minimum absolute atomic E-state index is 0.136. The van der Waals surface area contributed by atoms with Gasteiger partial charge in [-0.1, -0.05) is 32.1 Å². The van der Waals surface area contributed by atoms with Crippen LogP contribution < -0.4 is 5.32 Å². The van der Waals surface area contributed by atoms with Gasteiger partial charge in [0.2, 0.25) is 0 Å². The van der Waals surface area contributed by atoms with Crippen LogP contribution in [-0.4, -0.2) is 79.6 Å². The van der Waals surface area contributed by atoms with Crippen LogP contribution >= 0.6 is 0 Å². The Morgan fingerprint density at radius 1 is 1.13 bits per heavy atom. The number of esters is 2. The zero-order chi connectivity index (χ0) is 28.0. The monoisotopic (exact) mass is 526 g/mol. The summed E-state index contributed by atoms with van der Waals surface area (Å²) in [4.78, 5) is 42.1. The second kappa shape index (κ2) is 12.4. The summed E-state index contributed by atoms with van der Waals surface area (Å²) in [5, 5.41) is 14.5. The van der Waals surface area contributed by atoms with E-state index in [4.69, 9.17) is 9.47 Å². The molecule has 0 aliphatic carbocycles. The molecule has 10 heteroatoms. The fraction of sp³-hybridized carbons (Fsp3) is 0.500. The van der Waals surface area contributed by atoms with E-state index in [2.05, 4.69) is 35.5 Å².